The summed E-state index contributed by atoms with van der Waals surface area (Å²) >= 11 is 0. The monoisotopic (exact) mass is 324 g/mol. The summed E-state index contributed by atoms with van der Waals surface area (Å²) in [6.45, 7) is 7.52. The molecule has 24 heavy (non-hydrogen) atoms. The molecule has 1 saturated heterocycles. The van der Waals surface area contributed by atoms with Gasteiger partial charge in [-0.2, -0.15) is 0 Å². The Balaban J connectivity index is 1.75. The van der Waals surface area contributed by atoms with Crippen LogP contribution in [-0.2, 0) is 0 Å². The molecule has 2 aromatic rings. The second-order valence-electron chi connectivity index (χ2n) is 6.50. The van der Waals surface area contributed by atoms with Crippen molar-refractivity contribution in [2.24, 2.45) is 0 Å². The number of amides is 1. The van der Waals surface area contributed by atoms with Crippen LogP contribution in [0.3, 0.4) is 0 Å². The summed E-state index contributed by atoms with van der Waals surface area (Å²) < 4.78 is 0. The van der Waals surface area contributed by atoms with E-state index in [1.807, 2.05) is 11.0 Å². The molecule has 126 valence electrons. The lowest BCUT2D eigenvalue weighted by molar-refractivity contribution is 0.0663. The molecular weight excluding hydrogens is 300 g/mol. The molecule has 0 saturated carbocycles. The van der Waals surface area contributed by atoms with Gasteiger partial charge in [-0.25, -0.2) is 0 Å². The third-order valence-corrected chi connectivity index (χ3v) is 4.44. The minimum Gasteiger partial charge on any atom is -0.354 e. The van der Waals surface area contributed by atoms with Gasteiger partial charge in [0.15, 0.2) is 0 Å². The van der Waals surface area contributed by atoms with Crippen molar-refractivity contribution < 1.29 is 4.79 Å². The van der Waals surface area contributed by atoms with E-state index < -0.39 is 0 Å². The van der Waals surface area contributed by atoms with Gasteiger partial charge in [0.2, 0.25) is 0 Å². The number of nitrogens with one attached hydrogen (secondary N) is 1. The summed E-state index contributed by atoms with van der Waals surface area (Å²) in [6, 6.07) is 8.14. The fourth-order valence-electron chi connectivity index (χ4n) is 2.93. The van der Waals surface area contributed by atoms with Gasteiger partial charge in [0.05, 0.1) is 17.4 Å². The normalized spacial score (nSPS) is 15.4. The van der Waals surface area contributed by atoms with Gasteiger partial charge < -0.3 is 15.1 Å². The van der Waals surface area contributed by atoms with E-state index in [0.717, 1.165) is 37.6 Å². The van der Waals surface area contributed by atoms with Gasteiger partial charge in [0.1, 0.15) is 0 Å². The lowest BCUT2D eigenvalue weighted by Gasteiger charge is -2.32. The van der Waals surface area contributed by atoms with Crippen LogP contribution in [0.2, 0.25) is 0 Å². The van der Waals surface area contributed by atoms with E-state index in [9.17, 15) is 4.79 Å². The quantitative estimate of drug-likeness (QED) is 0.943. The number of benzene rings is 1. The molecule has 1 N–H and O–H groups in total. The third kappa shape index (κ3) is 3.74. The van der Waals surface area contributed by atoms with Gasteiger partial charge >= 0.3 is 0 Å². The molecule has 0 atom stereocenters. The number of anilines is 2. The van der Waals surface area contributed by atoms with Crippen molar-refractivity contribution in [3.05, 3.63) is 53.3 Å². The van der Waals surface area contributed by atoms with Crippen molar-refractivity contribution in [1.29, 1.82) is 0 Å². The van der Waals surface area contributed by atoms with Crippen LogP contribution >= 0.6 is 0 Å². The van der Waals surface area contributed by atoms with Gasteiger partial charge in [-0.05, 0) is 38.6 Å². The van der Waals surface area contributed by atoms with Crippen LogP contribution in [0.4, 0.5) is 11.4 Å². The second kappa shape index (κ2) is 7.01. The molecule has 3 rings (SSSR count). The summed E-state index contributed by atoms with van der Waals surface area (Å²) in [4.78, 5) is 21.0. The lowest BCUT2D eigenvalue weighted by Crippen LogP contribution is -2.47. The van der Waals surface area contributed by atoms with Gasteiger partial charge in [0.25, 0.3) is 5.91 Å². The number of hydrogen-bond donors (Lipinski definition) is 1. The van der Waals surface area contributed by atoms with Gasteiger partial charge in [-0.3, -0.25) is 9.78 Å². The maximum Gasteiger partial charge on any atom is 0.255 e. The van der Waals surface area contributed by atoms with E-state index in [-0.39, 0.29) is 5.91 Å². The van der Waals surface area contributed by atoms with Crippen LogP contribution in [0, 0.1) is 13.8 Å². The Morgan fingerprint density at radius 2 is 1.83 bits per heavy atom. The number of likely N-dealkylation sites (N-methyl/N-ethyl adjacent to an activating group) is 1. The molecule has 0 spiro atoms. The van der Waals surface area contributed by atoms with Gasteiger partial charge in [0, 0.05) is 38.1 Å². The summed E-state index contributed by atoms with van der Waals surface area (Å²) in [5, 5.41) is 3.36. The molecular formula is C19H24N4O. The number of nitrogens with zero attached hydrogens (tertiary/aromatic N) is 3. The first-order valence-electron chi connectivity index (χ1n) is 8.30. The zero-order chi connectivity index (χ0) is 17.1. The van der Waals surface area contributed by atoms with Crippen molar-refractivity contribution >= 4 is 17.3 Å². The highest BCUT2D eigenvalue weighted by Crippen LogP contribution is 2.22. The molecule has 1 aromatic carbocycles. The number of pyridine rings is 1. The molecule has 1 amide bonds. The summed E-state index contributed by atoms with van der Waals surface area (Å²) in [5.74, 6) is 0.0554. The Labute approximate surface area is 143 Å². The minimum absolute atomic E-state index is 0.0554. The zero-order valence-electron chi connectivity index (χ0n) is 14.5. The lowest BCUT2D eigenvalue weighted by atomic mass is 10.1. The SMILES string of the molecule is Cc1ccc(Nc2cncc(C(=O)N3CCN(C)CC3)c2)c(C)c1. The number of aromatic nitrogens is 1. The van der Waals surface area contributed by atoms with Crippen LogP contribution < -0.4 is 5.32 Å². The molecule has 1 aromatic heterocycles. The summed E-state index contributed by atoms with van der Waals surface area (Å²) in [5.41, 5.74) is 4.91. The molecule has 0 aliphatic carbocycles. The molecule has 5 heteroatoms. The maximum absolute atomic E-state index is 12.7. The highest BCUT2D eigenvalue weighted by atomic mass is 16.2. The maximum atomic E-state index is 12.7. The molecule has 5 nitrogen and oxygen atoms in total. The molecule has 0 bridgehead atoms. The second-order valence-corrected chi connectivity index (χ2v) is 6.50. The van der Waals surface area contributed by atoms with E-state index in [0.29, 0.717) is 5.56 Å². The van der Waals surface area contributed by atoms with Crippen molar-refractivity contribution in [1.82, 2.24) is 14.8 Å². The first-order valence-corrected chi connectivity index (χ1v) is 8.30. The van der Waals surface area contributed by atoms with Crippen molar-refractivity contribution in [3.8, 4) is 0 Å². The number of rotatable bonds is 3. The Morgan fingerprint density at radius 3 is 2.54 bits per heavy atom. The number of aryl methyl sites for hydroxylation is 2. The Morgan fingerprint density at radius 1 is 1.08 bits per heavy atom. The molecule has 1 fully saturated rings. The smallest absolute Gasteiger partial charge is 0.255 e. The zero-order valence-corrected chi connectivity index (χ0v) is 14.5. The first kappa shape index (κ1) is 16.5. The summed E-state index contributed by atoms with van der Waals surface area (Å²) in [7, 11) is 2.08. The van der Waals surface area contributed by atoms with Crippen LogP contribution in [0.5, 0.6) is 0 Å². The highest BCUT2D eigenvalue weighted by Gasteiger charge is 2.20. The summed E-state index contributed by atoms with van der Waals surface area (Å²) in [6.07, 6.45) is 3.40. The molecule has 0 radical (unpaired) electrons. The average molecular weight is 324 g/mol. The van der Waals surface area contributed by atoms with E-state index in [2.05, 4.69) is 54.3 Å². The number of carbonyl (C=O) groups is 1. The fraction of sp³-hybridized carbons (Fsp3) is 0.368. The highest BCUT2D eigenvalue weighted by molar-refractivity contribution is 5.95. The van der Waals surface area contributed by atoms with E-state index in [4.69, 9.17) is 0 Å². The number of hydrogen-bond acceptors (Lipinski definition) is 4. The van der Waals surface area contributed by atoms with Crippen LogP contribution in [0.15, 0.2) is 36.7 Å². The van der Waals surface area contributed by atoms with Gasteiger partial charge in [-0.15, -0.1) is 0 Å². The number of piperazine rings is 1. The van der Waals surface area contributed by atoms with Crippen LogP contribution in [0.25, 0.3) is 0 Å². The Bertz CT molecular complexity index is 736. The largest absolute Gasteiger partial charge is 0.354 e. The van der Waals surface area contributed by atoms with Crippen molar-refractivity contribution in [3.63, 3.8) is 0 Å². The average Bonchev–Trinajstić information content (AvgIpc) is 2.58. The molecule has 0 unspecified atom stereocenters. The molecule has 2 heterocycles. The predicted molar refractivity (Wildman–Crippen MR) is 96.8 cm³/mol. The Hall–Kier alpha value is -2.40. The fourth-order valence-corrected chi connectivity index (χ4v) is 2.93. The standard InChI is InChI=1S/C19H24N4O/c1-14-4-5-18(15(2)10-14)21-17-11-16(12-20-13-17)19(24)23-8-6-22(3)7-9-23/h4-5,10-13,21H,6-9H2,1-3H3. The van der Waals surface area contributed by atoms with Gasteiger partial charge in [-0.1, -0.05) is 17.7 Å². The third-order valence-electron chi connectivity index (χ3n) is 4.44. The first-order chi connectivity index (χ1) is 11.5. The van der Waals surface area contributed by atoms with E-state index >= 15 is 0 Å². The number of carbonyl (C=O) groups excluding carboxylic acids is 1. The van der Waals surface area contributed by atoms with Crippen LogP contribution in [-0.4, -0.2) is 53.9 Å². The predicted octanol–water partition coefficient (Wildman–Crippen LogP) is 2.83. The Kier molecular flexibility index (Phi) is 4.81. The minimum atomic E-state index is 0.0554. The van der Waals surface area contributed by atoms with Crippen molar-refractivity contribution in [2.45, 2.75) is 13.8 Å². The van der Waals surface area contributed by atoms with Crippen LogP contribution in [0.1, 0.15) is 21.5 Å². The van der Waals surface area contributed by atoms with Crippen molar-refractivity contribution in [2.75, 3.05) is 38.5 Å². The topological polar surface area (TPSA) is 48.5 Å². The van der Waals surface area contributed by atoms with E-state index in [1.165, 1.54) is 11.1 Å². The molecule has 1 aliphatic rings. The van der Waals surface area contributed by atoms with E-state index in [1.54, 1.807) is 12.4 Å². The molecule has 1 aliphatic heterocycles.